The van der Waals surface area contributed by atoms with Crippen LogP contribution in [0, 0.1) is 6.92 Å². The van der Waals surface area contributed by atoms with E-state index in [-0.39, 0.29) is 5.91 Å². The van der Waals surface area contributed by atoms with Gasteiger partial charge in [-0.1, -0.05) is 11.6 Å². The van der Waals surface area contributed by atoms with Crippen LogP contribution >= 0.6 is 23.4 Å². The summed E-state index contributed by atoms with van der Waals surface area (Å²) in [4.78, 5) is 23.8. The lowest BCUT2D eigenvalue weighted by atomic mass is 10.1. The quantitative estimate of drug-likeness (QED) is 0.853. The van der Waals surface area contributed by atoms with E-state index in [1.54, 1.807) is 35.3 Å². The Balaban J connectivity index is 1.85. The Morgan fingerprint density at radius 2 is 2.33 bits per heavy atom. The van der Waals surface area contributed by atoms with E-state index in [1.807, 2.05) is 19.1 Å². The Morgan fingerprint density at radius 1 is 1.48 bits per heavy atom. The van der Waals surface area contributed by atoms with E-state index >= 15 is 0 Å². The molecule has 6 heteroatoms. The summed E-state index contributed by atoms with van der Waals surface area (Å²) in [6.45, 7) is 2.59. The number of thioether (sulfide) groups is 1. The molecule has 1 aliphatic heterocycles. The smallest absolute Gasteiger partial charge is 0.231 e. The van der Waals surface area contributed by atoms with E-state index in [9.17, 15) is 4.79 Å². The summed E-state index contributed by atoms with van der Waals surface area (Å²) in [7, 11) is 0. The van der Waals surface area contributed by atoms with Crippen LogP contribution in [-0.2, 0) is 11.2 Å². The molecule has 0 saturated carbocycles. The molecule has 0 bridgehead atoms. The lowest BCUT2D eigenvalue weighted by Gasteiger charge is -2.28. The van der Waals surface area contributed by atoms with Gasteiger partial charge in [0, 0.05) is 35.3 Å². The molecule has 2 aromatic rings. The molecule has 0 aromatic carbocycles. The predicted molar refractivity (Wildman–Crippen MR) is 85.0 cm³/mol. The molecule has 0 radical (unpaired) electrons. The van der Waals surface area contributed by atoms with E-state index in [0.29, 0.717) is 18.0 Å². The second-order valence-corrected chi connectivity index (χ2v) is 6.39. The number of anilines is 1. The number of hydrogen-bond acceptors (Lipinski definition) is 4. The Labute approximate surface area is 132 Å². The van der Waals surface area contributed by atoms with Gasteiger partial charge in [-0.2, -0.15) is 0 Å². The number of aromatic nitrogens is 2. The van der Waals surface area contributed by atoms with Crippen molar-refractivity contribution in [2.75, 3.05) is 17.2 Å². The van der Waals surface area contributed by atoms with Gasteiger partial charge in [0.25, 0.3) is 0 Å². The number of nitrogens with zero attached hydrogens (tertiary/aromatic N) is 3. The molecule has 1 amide bonds. The Kier molecular flexibility index (Phi) is 4.12. The minimum Gasteiger partial charge on any atom is -0.309 e. The lowest BCUT2D eigenvalue weighted by Crippen LogP contribution is -2.36. The molecular weight excluding hydrogens is 306 g/mol. The average Bonchev–Trinajstić information content (AvgIpc) is 2.50. The minimum atomic E-state index is 0.0525. The van der Waals surface area contributed by atoms with Gasteiger partial charge in [0.05, 0.1) is 23.3 Å². The van der Waals surface area contributed by atoms with Gasteiger partial charge in [0.2, 0.25) is 5.91 Å². The van der Waals surface area contributed by atoms with Crippen molar-refractivity contribution in [3.8, 4) is 0 Å². The first kappa shape index (κ1) is 14.4. The molecule has 3 heterocycles. The van der Waals surface area contributed by atoms with Crippen LogP contribution in [-0.4, -0.2) is 28.2 Å². The van der Waals surface area contributed by atoms with Gasteiger partial charge in [0.15, 0.2) is 0 Å². The molecule has 2 aromatic heterocycles. The normalized spacial score (nSPS) is 13.9. The number of fused-ring (bicyclic) bond motifs is 1. The molecule has 0 atom stereocenters. The zero-order valence-electron chi connectivity index (χ0n) is 11.5. The summed E-state index contributed by atoms with van der Waals surface area (Å²) >= 11 is 7.72. The first-order valence-corrected chi connectivity index (χ1v) is 7.99. The highest BCUT2D eigenvalue weighted by molar-refractivity contribution is 7.99. The highest BCUT2D eigenvalue weighted by Crippen LogP contribution is 2.34. The molecular formula is C15H14ClN3OS. The van der Waals surface area contributed by atoms with Gasteiger partial charge in [-0.25, -0.2) is 0 Å². The highest BCUT2D eigenvalue weighted by Gasteiger charge is 2.23. The van der Waals surface area contributed by atoms with E-state index in [4.69, 9.17) is 11.6 Å². The maximum atomic E-state index is 12.6. The fraction of sp³-hybridized carbons (Fsp3) is 0.267. The first-order valence-electron chi connectivity index (χ1n) is 6.63. The maximum absolute atomic E-state index is 12.6. The molecule has 1 aliphatic rings. The summed E-state index contributed by atoms with van der Waals surface area (Å²) < 4.78 is 0. The summed E-state index contributed by atoms with van der Waals surface area (Å²) in [6, 6.07) is 3.76. The van der Waals surface area contributed by atoms with Crippen molar-refractivity contribution < 1.29 is 4.79 Å². The molecule has 4 nitrogen and oxygen atoms in total. The van der Waals surface area contributed by atoms with Gasteiger partial charge in [-0.05, 0) is 24.6 Å². The van der Waals surface area contributed by atoms with Crippen LogP contribution < -0.4 is 4.90 Å². The van der Waals surface area contributed by atoms with Crippen LogP contribution in [0.25, 0.3) is 0 Å². The highest BCUT2D eigenvalue weighted by atomic mass is 35.5. The molecule has 3 rings (SSSR count). The molecule has 21 heavy (non-hydrogen) atoms. The fourth-order valence-corrected chi connectivity index (χ4v) is 3.45. The molecule has 0 fully saturated rings. The van der Waals surface area contributed by atoms with Crippen molar-refractivity contribution >= 4 is 35.0 Å². The molecule has 0 spiro atoms. The van der Waals surface area contributed by atoms with Crippen LogP contribution in [0.5, 0.6) is 0 Å². The number of amides is 1. The Bertz CT molecular complexity index is 692. The number of hydrogen-bond donors (Lipinski definition) is 0. The van der Waals surface area contributed by atoms with Gasteiger partial charge in [0.1, 0.15) is 0 Å². The van der Waals surface area contributed by atoms with Crippen molar-refractivity contribution in [3.63, 3.8) is 0 Å². The number of aryl methyl sites for hydroxylation is 1. The second-order valence-electron chi connectivity index (χ2n) is 4.81. The van der Waals surface area contributed by atoms with Crippen molar-refractivity contribution in [1.29, 1.82) is 0 Å². The molecule has 108 valence electrons. The summed E-state index contributed by atoms with van der Waals surface area (Å²) in [5.74, 6) is 0.951. The summed E-state index contributed by atoms with van der Waals surface area (Å²) in [6.07, 6.45) is 5.41. The SMILES string of the molecule is Cc1ncc(Cl)cc1CC(=O)N1CCSc2ccncc21. The zero-order chi connectivity index (χ0) is 14.8. The van der Waals surface area contributed by atoms with Gasteiger partial charge in [-0.3, -0.25) is 14.8 Å². The number of carbonyl (C=O) groups excluding carboxylic acids is 1. The predicted octanol–water partition coefficient (Wildman–Crippen LogP) is 3.12. The third-order valence-electron chi connectivity index (χ3n) is 3.43. The van der Waals surface area contributed by atoms with Crippen molar-refractivity contribution in [3.05, 3.63) is 47.0 Å². The topological polar surface area (TPSA) is 46.1 Å². The van der Waals surface area contributed by atoms with Gasteiger partial charge >= 0.3 is 0 Å². The maximum Gasteiger partial charge on any atom is 0.231 e. The molecule has 0 saturated heterocycles. The first-order chi connectivity index (χ1) is 10.1. The van der Waals surface area contributed by atoms with Crippen molar-refractivity contribution in [1.82, 2.24) is 9.97 Å². The number of rotatable bonds is 2. The van der Waals surface area contributed by atoms with Crippen molar-refractivity contribution in [2.45, 2.75) is 18.2 Å². The van der Waals surface area contributed by atoms with Gasteiger partial charge in [-0.15, -0.1) is 11.8 Å². The second kappa shape index (κ2) is 6.03. The lowest BCUT2D eigenvalue weighted by molar-refractivity contribution is -0.118. The van der Waals surface area contributed by atoms with Crippen LogP contribution in [0.4, 0.5) is 5.69 Å². The minimum absolute atomic E-state index is 0.0525. The van der Waals surface area contributed by atoms with Gasteiger partial charge < -0.3 is 4.90 Å². The zero-order valence-corrected chi connectivity index (χ0v) is 13.1. The molecule has 0 unspecified atom stereocenters. The molecule has 0 N–H and O–H groups in total. The summed E-state index contributed by atoms with van der Waals surface area (Å²) in [5, 5.41) is 0.555. The Morgan fingerprint density at radius 3 is 3.19 bits per heavy atom. The van der Waals surface area contributed by atoms with Crippen molar-refractivity contribution in [2.24, 2.45) is 0 Å². The van der Waals surface area contributed by atoms with Crippen LogP contribution in [0.1, 0.15) is 11.3 Å². The largest absolute Gasteiger partial charge is 0.309 e. The summed E-state index contributed by atoms with van der Waals surface area (Å²) in [5.41, 5.74) is 2.60. The third-order valence-corrected chi connectivity index (χ3v) is 4.68. The van der Waals surface area contributed by atoms with Crippen LogP contribution in [0.3, 0.4) is 0 Å². The number of halogens is 1. The van der Waals surface area contributed by atoms with E-state index < -0.39 is 0 Å². The fourth-order valence-electron chi connectivity index (χ4n) is 2.31. The monoisotopic (exact) mass is 319 g/mol. The van der Waals surface area contributed by atoms with Crippen LogP contribution in [0.15, 0.2) is 35.6 Å². The van der Waals surface area contributed by atoms with E-state index in [2.05, 4.69) is 9.97 Å². The number of carbonyl (C=O) groups is 1. The Hall–Kier alpha value is -1.59. The third kappa shape index (κ3) is 3.04. The van der Waals surface area contributed by atoms with E-state index in [1.165, 1.54) is 0 Å². The number of pyridine rings is 2. The van der Waals surface area contributed by atoms with Crippen LogP contribution in [0.2, 0.25) is 5.02 Å². The standard InChI is InChI=1S/C15H14ClN3OS/c1-10-11(6-12(16)8-18-10)7-15(20)19-4-5-21-14-2-3-17-9-13(14)19/h2-3,6,8-9H,4-5,7H2,1H3. The average molecular weight is 320 g/mol. The molecule has 0 aliphatic carbocycles. The van der Waals surface area contributed by atoms with E-state index in [0.717, 1.165) is 27.6 Å².